The van der Waals surface area contributed by atoms with E-state index in [4.69, 9.17) is 11.6 Å². The highest BCUT2D eigenvalue weighted by Gasteiger charge is 2.03. The summed E-state index contributed by atoms with van der Waals surface area (Å²) in [7, 11) is 0. The van der Waals surface area contributed by atoms with Crippen molar-refractivity contribution in [2.75, 3.05) is 5.88 Å². The maximum absolute atomic E-state index is 5.74. The third kappa shape index (κ3) is 2.65. The maximum atomic E-state index is 5.74. The second-order valence-corrected chi connectivity index (χ2v) is 4.12. The van der Waals surface area contributed by atoms with E-state index in [1.807, 2.05) is 12.1 Å². The quantitative estimate of drug-likeness (QED) is 0.685. The summed E-state index contributed by atoms with van der Waals surface area (Å²) in [5, 5.41) is 0. The van der Waals surface area contributed by atoms with Gasteiger partial charge < -0.3 is 0 Å². The molecule has 16 heavy (non-hydrogen) atoms. The van der Waals surface area contributed by atoms with E-state index >= 15 is 0 Å². The van der Waals surface area contributed by atoms with Gasteiger partial charge in [0.15, 0.2) is 0 Å². The third-order valence-corrected chi connectivity index (χ3v) is 2.88. The number of hydrogen-bond acceptors (Lipinski definition) is 0. The van der Waals surface area contributed by atoms with Crippen LogP contribution >= 0.6 is 11.6 Å². The SMILES string of the molecule is ClCCCc1c[c]ccc1-c1ccccc1. The molecular weight excluding hydrogens is 216 g/mol. The highest BCUT2D eigenvalue weighted by atomic mass is 35.5. The summed E-state index contributed by atoms with van der Waals surface area (Å²) in [5.41, 5.74) is 3.89. The zero-order valence-electron chi connectivity index (χ0n) is 9.12. The van der Waals surface area contributed by atoms with E-state index in [1.165, 1.54) is 16.7 Å². The van der Waals surface area contributed by atoms with Crippen LogP contribution in [-0.2, 0) is 6.42 Å². The lowest BCUT2D eigenvalue weighted by molar-refractivity contribution is 0.930. The summed E-state index contributed by atoms with van der Waals surface area (Å²) >= 11 is 5.74. The number of aryl methyl sites for hydroxylation is 1. The molecule has 1 heteroatoms. The molecule has 0 spiro atoms. The second-order valence-electron chi connectivity index (χ2n) is 3.74. The van der Waals surface area contributed by atoms with Crippen LogP contribution in [0.1, 0.15) is 12.0 Å². The molecule has 81 valence electrons. The summed E-state index contributed by atoms with van der Waals surface area (Å²) in [6.07, 6.45) is 2.03. The molecule has 0 heterocycles. The van der Waals surface area contributed by atoms with Crippen molar-refractivity contribution >= 4 is 11.6 Å². The van der Waals surface area contributed by atoms with E-state index in [2.05, 4.69) is 42.5 Å². The molecule has 0 nitrogen and oxygen atoms in total. The maximum Gasteiger partial charge on any atom is 0.0226 e. The average molecular weight is 230 g/mol. The molecule has 0 aliphatic carbocycles. The Bertz CT molecular complexity index is 434. The van der Waals surface area contributed by atoms with Gasteiger partial charge in [-0.15, -0.1) is 11.6 Å². The highest BCUT2D eigenvalue weighted by Crippen LogP contribution is 2.24. The normalized spacial score (nSPS) is 10.3. The molecule has 0 saturated heterocycles. The average Bonchev–Trinajstić information content (AvgIpc) is 2.38. The molecule has 0 fully saturated rings. The van der Waals surface area contributed by atoms with Crippen LogP contribution in [0.3, 0.4) is 0 Å². The molecular formula is C15H14Cl. The van der Waals surface area contributed by atoms with Gasteiger partial charge >= 0.3 is 0 Å². The minimum atomic E-state index is 0.711. The van der Waals surface area contributed by atoms with Gasteiger partial charge in [-0.2, -0.15) is 0 Å². The van der Waals surface area contributed by atoms with Crippen molar-refractivity contribution in [1.82, 2.24) is 0 Å². The van der Waals surface area contributed by atoms with Crippen LogP contribution in [0.4, 0.5) is 0 Å². The van der Waals surface area contributed by atoms with Gasteiger partial charge in [-0.3, -0.25) is 0 Å². The second kappa shape index (κ2) is 5.72. The topological polar surface area (TPSA) is 0 Å². The Labute approximate surface area is 102 Å². The summed E-state index contributed by atoms with van der Waals surface area (Å²) in [4.78, 5) is 0. The number of alkyl halides is 1. The molecule has 0 bridgehead atoms. The predicted octanol–water partition coefficient (Wildman–Crippen LogP) is 4.33. The minimum absolute atomic E-state index is 0.711. The molecule has 0 atom stereocenters. The molecule has 0 amide bonds. The van der Waals surface area contributed by atoms with Crippen LogP contribution in [0.2, 0.25) is 0 Å². The molecule has 0 aliphatic heterocycles. The third-order valence-electron chi connectivity index (χ3n) is 2.61. The number of halogens is 1. The van der Waals surface area contributed by atoms with Gasteiger partial charge in [-0.25, -0.2) is 0 Å². The van der Waals surface area contributed by atoms with Crippen LogP contribution in [0.5, 0.6) is 0 Å². The standard InChI is InChI=1S/C15H14Cl/c16-12-6-10-14-9-4-5-11-15(14)13-7-2-1-3-8-13/h1-3,5,7-9,11H,6,10,12H2. The predicted molar refractivity (Wildman–Crippen MR) is 69.8 cm³/mol. The first-order valence-electron chi connectivity index (χ1n) is 5.52. The molecule has 0 N–H and O–H groups in total. The van der Waals surface area contributed by atoms with Gasteiger partial charge in [0.05, 0.1) is 0 Å². The summed E-state index contributed by atoms with van der Waals surface area (Å²) < 4.78 is 0. The van der Waals surface area contributed by atoms with Crippen LogP contribution in [0, 0.1) is 6.07 Å². The van der Waals surface area contributed by atoms with Gasteiger partial charge in [-0.1, -0.05) is 48.5 Å². The van der Waals surface area contributed by atoms with E-state index in [-0.39, 0.29) is 0 Å². The minimum Gasteiger partial charge on any atom is -0.127 e. The van der Waals surface area contributed by atoms with Gasteiger partial charge in [0.2, 0.25) is 0 Å². The van der Waals surface area contributed by atoms with Gasteiger partial charge in [0, 0.05) is 5.88 Å². The highest BCUT2D eigenvalue weighted by molar-refractivity contribution is 6.17. The number of rotatable bonds is 4. The Balaban J connectivity index is 2.33. The van der Waals surface area contributed by atoms with Gasteiger partial charge in [-0.05, 0) is 35.6 Å². The summed E-state index contributed by atoms with van der Waals surface area (Å²) in [6, 6.07) is 19.7. The fraction of sp³-hybridized carbons (Fsp3) is 0.200. The van der Waals surface area contributed by atoms with Crippen LogP contribution < -0.4 is 0 Å². The first-order valence-corrected chi connectivity index (χ1v) is 6.05. The Morgan fingerprint density at radius 2 is 1.88 bits per heavy atom. The Hall–Kier alpha value is -1.27. The summed E-state index contributed by atoms with van der Waals surface area (Å²) in [5.74, 6) is 0.711. The van der Waals surface area contributed by atoms with Crippen molar-refractivity contribution in [3.05, 3.63) is 60.2 Å². The van der Waals surface area contributed by atoms with E-state index in [9.17, 15) is 0 Å². The zero-order chi connectivity index (χ0) is 11.2. The van der Waals surface area contributed by atoms with Gasteiger partial charge in [0.1, 0.15) is 0 Å². The number of benzene rings is 2. The van der Waals surface area contributed by atoms with E-state index in [1.54, 1.807) is 0 Å². The molecule has 2 aromatic carbocycles. The van der Waals surface area contributed by atoms with E-state index < -0.39 is 0 Å². The van der Waals surface area contributed by atoms with Crippen molar-refractivity contribution in [3.8, 4) is 11.1 Å². The lowest BCUT2D eigenvalue weighted by Crippen LogP contribution is -1.90. The molecule has 2 aromatic rings. The first kappa shape index (κ1) is 11.2. The molecule has 0 saturated carbocycles. The van der Waals surface area contributed by atoms with Crippen molar-refractivity contribution in [3.63, 3.8) is 0 Å². The lowest BCUT2D eigenvalue weighted by Gasteiger charge is -2.08. The largest absolute Gasteiger partial charge is 0.127 e. The van der Waals surface area contributed by atoms with Crippen molar-refractivity contribution in [2.24, 2.45) is 0 Å². The van der Waals surface area contributed by atoms with Crippen molar-refractivity contribution in [1.29, 1.82) is 0 Å². The van der Waals surface area contributed by atoms with Crippen LogP contribution in [0.15, 0.2) is 48.5 Å². The lowest BCUT2D eigenvalue weighted by atomic mass is 9.97. The molecule has 1 radical (unpaired) electrons. The van der Waals surface area contributed by atoms with Crippen molar-refractivity contribution < 1.29 is 0 Å². The fourth-order valence-electron chi connectivity index (χ4n) is 1.83. The molecule has 2 rings (SSSR count). The smallest absolute Gasteiger partial charge is 0.0226 e. The van der Waals surface area contributed by atoms with Gasteiger partial charge in [0.25, 0.3) is 0 Å². The Morgan fingerprint density at radius 3 is 2.62 bits per heavy atom. The van der Waals surface area contributed by atoms with Crippen LogP contribution in [0.25, 0.3) is 11.1 Å². The molecule has 0 aromatic heterocycles. The molecule has 0 aliphatic rings. The Kier molecular flexibility index (Phi) is 4.01. The number of hydrogen-bond donors (Lipinski definition) is 0. The zero-order valence-corrected chi connectivity index (χ0v) is 9.87. The van der Waals surface area contributed by atoms with E-state index in [0.29, 0.717) is 5.88 Å². The molecule has 0 unspecified atom stereocenters. The van der Waals surface area contributed by atoms with Crippen molar-refractivity contribution in [2.45, 2.75) is 12.8 Å². The Morgan fingerprint density at radius 1 is 1.06 bits per heavy atom. The fourth-order valence-corrected chi connectivity index (χ4v) is 1.96. The summed E-state index contributed by atoms with van der Waals surface area (Å²) in [6.45, 7) is 0. The monoisotopic (exact) mass is 229 g/mol. The van der Waals surface area contributed by atoms with Crippen LogP contribution in [-0.4, -0.2) is 5.88 Å². The first-order chi connectivity index (χ1) is 7.92. The van der Waals surface area contributed by atoms with E-state index in [0.717, 1.165) is 12.8 Å².